The van der Waals surface area contributed by atoms with Crippen molar-refractivity contribution in [2.75, 3.05) is 11.9 Å². The van der Waals surface area contributed by atoms with Crippen LogP contribution in [0.15, 0.2) is 36.7 Å². The molecule has 0 fully saturated rings. The Morgan fingerprint density at radius 2 is 2.19 bits per heavy atom. The Morgan fingerprint density at radius 3 is 3.00 bits per heavy atom. The Bertz CT molecular complexity index is 751. The van der Waals surface area contributed by atoms with Crippen molar-refractivity contribution in [1.82, 2.24) is 15.2 Å². The van der Waals surface area contributed by atoms with Gasteiger partial charge in [0.1, 0.15) is 0 Å². The number of benzene rings is 1. The summed E-state index contributed by atoms with van der Waals surface area (Å²) in [6.45, 7) is 2.96. The van der Waals surface area contributed by atoms with Crippen LogP contribution in [0.1, 0.15) is 17.7 Å². The van der Waals surface area contributed by atoms with E-state index in [1.165, 1.54) is 5.56 Å². The highest BCUT2D eigenvalue weighted by Gasteiger charge is 2.03. The first-order chi connectivity index (χ1) is 10.2. The Labute approximate surface area is 128 Å². The predicted molar refractivity (Wildman–Crippen MR) is 86.9 cm³/mol. The van der Waals surface area contributed by atoms with Crippen LogP contribution in [-0.2, 0) is 6.42 Å². The van der Waals surface area contributed by atoms with Crippen LogP contribution in [0.2, 0.25) is 5.02 Å². The highest BCUT2D eigenvalue weighted by molar-refractivity contribution is 6.31. The Balaban J connectivity index is 1.64. The van der Waals surface area contributed by atoms with E-state index in [1.807, 2.05) is 30.5 Å². The predicted octanol–water partition coefficient (Wildman–Crippen LogP) is 3.96. The summed E-state index contributed by atoms with van der Waals surface area (Å²) in [4.78, 5) is 4.35. The van der Waals surface area contributed by atoms with Crippen molar-refractivity contribution in [2.45, 2.75) is 19.8 Å². The molecule has 5 heteroatoms. The molecular weight excluding hydrogens is 284 g/mol. The zero-order chi connectivity index (χ0) is 14.7. The van der Waals surface area contributed by atoms with E-state index >= 15 is 0 Å². The fourth-order valence-electron chi connectivity index (χ4n) is 2.40. The molecule has 4 nitrogen and oxygen atoms in total. The average Bonchev–Trinajstić information content (AvgIpc) is 2.88. The molecule has 0 amide bonds. The third-order valence-corrected chi connectivity index (χ3v) is 3.81. The molecule has 0 atom stereocenters. The summed E-state index contributed by atoms with van der Waals surface area (Å²) >= 11 is 6.00. The summed E-state index contributed by atoms with van der Waals surface area (Å²) in [5.74, 6) is 0. The molecule has 0 unspecified atom stereocenters. The lowest BCUT2D eigenvalue weighted by molar-refractivity contribution is 0.858. The van der Waals surface area contributed by atoms with Crippen LogP contribution in [0, 0.1) is 6.92 Å². The number of aromatic amines is 1. The van der Waals surface area contributed by atoms with E-state index in [2.05, 4.69) is 27.4 Å². The van der Waals surface area contributed by atoms with Gasteiger partial charge in [-0.1, -0.05) is 11.6 Å². The van der Waals surface area contributed by atoms with Gasteiger partial charge in [-0.2, -0.15) is 5.10 Å². The second-order valence-corrected chi connectivity index (χ2v) is 5.51. The number of nitrogens with zero attached hydrogens (tertiary/aromatic N) is 2. The van der Waals surface area contributed by atoms with Crippen molar-refractivity contribution in [3.05, 3.63) is 52.9 Å². The van der Waals surface area contributed by atoms with Crippen LogP contribution in [0.3, 0.4) is 0 Å². The lowest BCUT2D eigenvalue weighted by atomic mass is 10.1. The minimum absolute atomic E-state index is 0.711. The topological polar surface area (TPSA) is 53.6 Å². The molecule has 0 aliphatic rings. The minimum Gasteiger partial charge on any atom is -0.384 e. The standard InChI is InChI=1S/C16H17ClN4/c1-11-12(10-20-21-11)3-2-7-18-15-6-8-19-16-9-13(17)4-5-14(15)16/h4-6,8-10H,2-3,7H2,1H3,(H,18,19)(H,20,21). The van der Waals surface area contributed by atoms with Gasteiger partial charge < -0.3 is 5.32 Å². The molecule has 0 saturated heterocycles. The monoisotopic (exact) mass is 300 g/mol. The smallest absolute Gasteiger partial charge is 0.0737 e. The summed E-state index contributed by atoms with van der Waals surface area (Å²) in [6, 6.07) is 7.79. The highest BCUT2D eigenvalue weighted by Crippen LogP contribution is 2.24. The van der Waals surface area contributed by atoms with Crippen molar-refractivity contribution in [3.63, 3.8) is 0 Å². The van der Waals surface area contributed by atoms with Crippen LogP contribution in [0.25, 0.3) is 10.9 Å². The Morgan fingerprint density at radius 1 is 1.29 bits per heavy atom. The maximum atomic E-state index is 6.00. The van der Waals surface area contributed by atoms with Crippen LogP contribution in [0.5, 0.6) is 0 Å². The van der Waals surface area contributed by atoms with E-state index in [0.29, 0.717) is 5.02 Å². The van der Waals surface area contributed by atoms with E-state index in [1.54, 1.807) is 6.20 Å². The third-order valence-electron chi connectivity index (χ3n) is 3.58. The number of H-pyrrole nitrogens is 1. The zero-order valence-corrected chi connectivity index (χ0v) is 12.6. The molecule has 3 aromatic rings. The molecule has 0 bridgehead atoms. The fourth-order valence-corrected chi connectivity index (χ4v) is 2.57. The van der Waals surface area contributed by atoms with Gasteiger partial charge in [-0.3, -0.25) is 10.1 Å². The lowest BCUT2D eigenvalue weighted by Gasteiger charge is -2.09. The quantitative estimate of drug-likeness (QED) is 0.701. The van der Waals surface area contributed by atoms with Crippen molar-refractivity contribution >= 4 is 28.2 Å². The summed E-state index contributed by atoms with van der Waals surface area (Å²) < 4.78 is 0. The molecule has 0 aliphatic carbocycles. The third kappa shape index (κ3) is 3.16. The van der Waals surface area contributed by atoms with E-state index in [4.69, 9.17) is 11.6 Å². The number of hydrogen-bond acceptors (Lipinski definition) is 3. The lowest BCUT2D eigenvalue weighted by Crippen LogP contribution is -2.04. The maximum absolute atomic E-state index is 6.00. The molecule has 2 aromatic heterocycles. The molecule has 3 rings (SSSR count). The van der Waals surface area contributed by atoms with E-state index in [-0.39, 0.29) is 0 Å². The number of aromatic nitrogens is 3. The Hall–Kier alpha value is -2.07. The second-order valence-electron chi connectivity index (χ2n) is 5.07. The first-order valence-corrected chi connectivity index (χ1v) is 7.39. The number of rotatable bonds is 5. The molecular formula is C16H17ClN4. The summed E-state index contributed by atoms with van der Waals surface area (Å²) in [7, 11) is 0. The number of halogens is 1. The number of nitrogens with one attached hydrogen (secondary N) is 2. The molecule has 0 radical (unpaired) electrons. The van der Waals surface area contributed by atoms with Crippen molar-refractivity contribution in [2.24, 2.45) is 0 Å². The molecule has 0 saturated carbocycles. The van der Waals surface area contributed by atoms with Gasteiger partial charge >= 0.3 is 0 Å². The normalized spacial score (nSPS) is 11.0. The average molecular weight is 301 g/mol. The Kier molecular flexibility index (Phi) is 4.06. The number of fused-ring (bicyclic) bond motifs is 1. The van der Waals surface area contributed by atoms with Gasteiger partial charge in [-0.15, -0.1) is 0 Å². The summed E-state index contributed by atoms with van der Waals surface area (Å²) in [6.07, 6.45) is 5.78. The number of anilines is 1. The largest absolute Gasteiger partial charge is 0.384 e. The van der Waals surface area contributed by atoms with Crippen LogP contribution < -0.4 is 5.32 Å². The van der Waals surface area contributed by atoms with Gasteiger partial charge in [0.15, 0.2) is 0 Å². The number of hydrogen-bond donors (Lipinski definition) is 2. The van der Waals surface area contributed by atoms with Gasteiger partial charge in [0.05, 0.1) is 11.7 Å². The van der Waals surface area contributed by atoms with Gasteiger partial charge in [0.25, 0.3) is 0 Å². The van der Waals surface area contributed by atoms with E-state index in [0.717, 1.165) is 41.7 Å². The molecule has 0 aliphatic heterocycles. The second kappa shape index (κ2) is 6.14. The molecule has 0 spiro atoms. The van der Waals surface area contributed by atoms with Gasteiger partial charge in [0.2, 0.25) is 0 Å². The van der Waals surface area contributed by atoms with E-state index < -0.39 is 0 Å². The molecule has 2 heterocycles. The minimum atomic E-state index is 0.711. The SMILES string of the molecule is Cc1[nH]ncc1CCCNc1ccnc2cc(Cl)ccc12. The molecule has 21 heavy (non-hydrogen) atoms. The molecule has 1 aromatic carbocycles. The van der Waals surface area contributed by atoms with Gasteiger partial charge in [0, 0.05) is 34.5 Å². The summed E-state index contributed by atoms with van der Waals surface area (Å²) in [5.41, 5.74) is 4.45. The van der Waals surface area contributed by atoms with E-state index in [9.17, 15) is 0 Å². The van der Waals surface area contributed by atoms with Crippen LogP contribution >= 0.6 is 11.6 Å². The molecule has 108 valence electrons. The number of aryl methyl sites for hydroxylation is 2. The summed E-state index contributed by atoms with van der Waals surface area (Å²) in [5, 5.41) is 12.3. The van der Waals surface area contributed by atoms with Crippen molar-refractivity contribution in [3.8, 4) is 0 Å². The highest BCUT2D eigenvalue weighted by atomic mass is 35.5. The van der Waals surface area contributed by atoms with Crippen LogP contribution in [-0.4, -0.2) is 21.7 Å². The number of pyridine rings is 1. The van der Waals surface area contributed by atoms with Crippen LogP contribution in [0.4, 0.5) is 5.69 Å². The first-order valence-electron chi connectivity index (χ1n) is 7.01. The molecule has 2 N–H and O–H groups in total. The maximum Gasteiger partial charge on any atom is 0.0737 e. The zero-order valence-electron chi connectivity index (χ0n) is 11.9. The van der Waals surface area contributed by atoms with Crippen molar-refractivity contribution < 1.29 is 0 Å². The van der Waals surface area contributed by atoms with Gasteiger partial charge in [-0.25, -0.2) is 0 Å². The first kappa shape index (κ1) is 13.9. The fraction of sp³-hybridized carbons (Fsp3) is 0.250. The van der Waals surface area contributed by atoms with Crippen molar-refractivity contribution in [1.29, 1.82) is 0 Å². The van der Waals surface area contributed by atoms with Gasteiger partial charge in [-0.05, 0) is 49.6 Å².